The van der Waals surface area contributed by atoms with Crippen molar-refractivity contribution in [2.24, 2.45) is 0 Å². The van der Waals surface area contributed by atoms with Gasteiger partial charge in [-0.2, -0.15) is 0 Å². The van der Waals surface area contributed by atoms with E-state index in [1.54, 1.807) is 7.11 Å². The number of fused-ring (bicyclic) bond motifs is 1. The molecule has 3 rings (SSSR count). The third-order valence-electron chi connectivity index (χ3n) is 3.49. The molecule has 1 aliphatic heterocycles. The van der Waals surface area contributed by atoms with Gasteiger partial charge >= 0.3 is 0 Å². The largest absolute Gasteiger partial charge is 0.495 e. The lowest BCUT2D eigenvalue weighted by atomic mass is 10.1. The van der Waals surface area contributed by atoms with Gasteiger partial charge in [0.05, 0.1) is 12.8 Å². The van der Waals surface area contributed by atoms with E-state index in [0.29, 0.717) is 17.0 Å². The van der Waals surface area contributed by atoms with Crippen LogP contribution >= 0.6 is 15.9 Å². The minimum atomic E-state index is -0.138. The fourth-order valence-electron chi connectivity index (χ4n) is 2.42. The van der Waals surface area contributed by atoms with E-state index >= 15 is 0 Å². The van der Waals surface area contributed by atoms with Crippen molar-refractivity contribution in [1.29, 1.82) is 0 Å². The van der Waals surface area contributed by atoms with Crippen LogP contribution in [0.15, 0.2) is 40.9 Å². The molecule has 0 radical (unpaired) electrons. The molecule has 21 heavy (non-hydrogen) atoms. The van der Waals surface area contributed by atoms with E-state index in [2.05, 4.69) is 26.6 Å². The van der Waals surface area contributed by atoms with Crippen LogP contribution in [0.2, 0.25) is 0 Å². The highest BCUT2D eigenvalue weighted by Crippen LogP contribution is 2.29. The molecular formula is C16H15BrN2O2. The second-order valence-electron chi connectivity index (χ2n) is 4.85. The number of carbonyl (C=O) groups excluding carboxylic acids is 1. The average Bonchev–Trinajstić information content (AvgIpc) is 2.94. The maximum absolute atomic E-state index is 12.4. The Balaban J connectivity index is 1.85. The van der Waals surface area contributed by atoms with Gasteiger partial charge in [0.25, 0.3) is 5.91 Å². The van der Waals surface area contributed by atoms with Crippen LogP contribution < -0.4 is 15.4 Å². The zero-order valence-corrected chi connectivity index (χ0v) is 13.2. The highest BCUT2D eigenvalue weighted by molar-refractivity contribution is 9.10. The van der Waals surface area contributed by atoms with Gasteiger partial charge in [0.1, 0.15) is 5.75 Å². The Morgan fingerprint density at radius 3 is 2.95 bits per heavy atom. The number of ether oxygens (including phenoxy) is 1. The lowest BCUT2D eigenvalue weighted by Gasteiger charge is -2.11. The second-order valence-corrected chi connectivity index (χ2v) is 5.76. The molecule has 0 fully saturated rings. The molecule has 2 N–H and O–H groups in total. The van der Waals surface area contributed by atoms with Crippen LogP contribution in [0, 0.1) is 0 Å². The summed E-state index contributed by atoms with van der Waals surface area (Å²) in [6, 6.07) is 11.2. The molecule has 4 nitrogen and oxygen atoms in total. The summed E-state index contributed by atoms with van der Waals surface area (Å²) in [6.45, 7) is 0.930. The van der Waals surface area contributed by atoms with Crippen LogP contribution in [0.5, 0.6) is 5.75 Å². The normalized spacial score (nSPS) is 12.5. The summed E-state index contributed by atoms with van der Waals surface area (Å²) < 4.78 is 6.15. The molecule has 0 saturated heterocycles. The molecule has 0 spiro atoms. The summed E-state index contributed by atoms with van der Waals surface area (Å²) in [5.74, 6) is 0.496. The van der Waals surface area contributed by atoms with Crippen LogP contribution in [-0.2, 0) is 6.42 Å². The van der Waals surface area contributed by atoms with Gasteiger partial charge in [-0.1, -0.05) is 15.9 Å². The Bertz CT molecular complexity index is 701. The van der Waals surface area contributed by atoms with Crippen molar-refractivity contribution in [3.8, 4) is 5.75 Å². The summed E-state index contributed by atoms with van der Waals surface area (Å²) in [6.07, 6.45) is 0.955. The minimum absolute atomic E-state index is 0.138. The zero-order valence-electron chi connectivity index (χ0n) is 11.6. The van der Waals surface area contributed by atoms with Crippen molar-refractivity contribution < 1.29 is 9.53 Å². The number of anilines is 2. The summed E-state index contributed by atoms with van der Waals surface area (Å²) in [5, 5.41) is 6.18. The van der Waals surface area contributed by atoms with Crippen LogP contribution in [0.1, 0.15) is 15.9 Å². The number of rotatable bonds is 3. The van der Waals surface area contributed by atoms with Crippen LogP contribution in [0.3, 0.4) is 0 Å². The first kappa shape index (κ1) is 13.9. The number of methoxy groups -OCH3 is 1. The van der Waals surface area contributed by atoms with E-state index in [9.17, 15) is 4.79 Å². The number of amides is 1. The van der Waals surface area contributed by atoms with E-state index in [-0.39, 0.29) is 5.91 Å². The first-order valence-corrected chi connectivity index (χ1v) is 7.48. The number of benzene rings is 2. The number of hydrogen-bond acceptors (Lipinski definition) is 3. The number of nitrogens with one attached hydrogen (secondary N) is 2. The van der Waals surface area contributed by atoms with Crippen molar-refractivity contribution in [3.63, 3.8) is 0 Å². The molecule has 1 heterocycles. The number of hydrogen-bond donors (Lipinski definition) is 2. The van der Waals surface area contributed by atoms with Gasteiger partial charge in [-0.25, -0.2) is 0 Å². The lowest BCUT2D eigenvalue weighted by molar-refractivity contribution is 0.102. The SMILES string of the molecule is COc1ccc(Br)cc1NC(=O)c1ccc2c(c1)CCN2. The van der Waals surface area contributed by atoms with Gasteiger partial charge in [0.2, 0.25) is 0 Å². The van der Waals surface area contributed by atoms with Gasteiger partial charge in [-0.15, -0.1) is 0 Å². The monoisotopic (exact) mass is 346 g/mol. The summed E-state index contributed by atoms with van der Waals surface area (Å²) in [7, 11) is 1.58. The number of carbonyl (C=O) groups is 1. The topological polar surface area (TPSA) is 50.4 Å². The smallest absolute Gasteiger partial charge is 0.255 e. The molecule has 2 aromatic carbocycles. The first-order valence-electron chi connectivity index (χ1n) is 6.69. The standard InChI is InChI=1S/C16H15BrN2O2/c1-21-15-5-3-12(17)9-14(15)19-16(20)11-2-4-13-10(8-11)6-7-18-13/h2-5,8-9,18H,6-7H2,1H3,(H,19,20). The molecular weight excluding hydrogens is 332 g/mol. The quantitative estimate of drug-likeness (QED) is 0.891. The summed E-state index contributed by atoms with van der Waals surface area (Å²) >= 11 is 3.40. The van der Waals surface area contributed by atoms with E-state index < -0.39 is 0 Å². The Labute approximate surface area is 131 Å². The molecule has 5 heteroatoms. The van der Waals surface area contributed by atoms with Gasteiger partial charge in [-0.05, 0) is 48.4 Å². The fourth-order valence-corrected chi connectivity index (χ4v) is 2.78. The maximum atomic E-state index is 12.4. The van der Waals surface area contributed by atoms with Gasteiger partial charge in [0.15, 0.2) is 0 Å². The molecule has 1 aliphatic rings. The molecule has 1 amide bonds. The van der Waals surface area contributed by atoms with Crippen LogP contribution in [0.25, 0.3) is 0 Å². The third kappa shape index (κ3) is 2.88. The molecule has 0 unspecified atom stereocenters. The van der Waals surface area contributed by atoms with Gasteiger partial charge in [-0.3, -0.25) is 4.79 Å². The van der Waals surface area contributed by atoms with Gasteiger partial charge < -0.3 is 15.4 Å². The molecule has 0 atom stereocenters. The molecule has 0 aliphatic carbocycles. The fraction of sp³-hybridized carbons (Fsp3) is 0.188. The summed E-state index contributed by atoms with van der Waals surface area (Å²) in [5.41, 5.74) is 3.60. The van der Waals surface area contributed by atoms with E-state index in [4.69, 9.17) is 4.74 Å². The molecule has 2 aromatic rings. The highest BCUT2D eigenvalue weighted by atomic mass is 79.9. The predicted molar refractivity (Wildman–Crippen MR) is 87.3 cm³/mol. The average molecular weight is 347 g/mol. The van der Waals surface area contributed by atoms with Crippen molar-refractivity contribution >= 4 is 33.2 Å². The first-order chi connectivity index (χ1) is 10.2. The highest BCUT2D eigenvalue weighted by Gasteiger charge is 2.15. The van der Waals surface area contributed by atoms with Gasteiger partial charge in [0, 0.05) is 22.3 Å². The van der Waals surface area contributed by atoms with E-state index in [1.807, 2.05) is 36.4 Å². The Hall–Kier alpha value is -2.01. The second kappa shape index (κ2) is 5.77. The van der Waals surface area contributed by atoms with E-state index in [0.717, 1.165) is 23.1 Å². The summed E-state index contributed by atoms with van der Waals surface area (Å²) in [4.78, 5) is 12.4. The molecule has 0 aromatic heterocycles. The maximum Gasteiger partial charge on any atom is 0.255 e. The predicted octanol–water partition coefficient (Wildman–Crippen LogP) is 3.68. The molecule has 108 valence electrons. The lowest BCUT2D eigenvalue weighted by Crippen LogP contribution is -2.13. The van der Waals surface area contributed by atoms with E-state index in [1.165, 1.54) is 5.56 Å². The Kier molecular flexibility index (Phi) is 3.84. The molecule has 0 saturated carbocycles. The van der Waals surface area contributed by atoms with Crippen molar-refractivity contribution in [2.45, 2.75) is 6.42 Å². The van der Waals surface area contributed by atoms with Crippen LogP contribution in [-0.4, -0.2) is 19.6 Å². The van der Waals surface area contributed by atoms with Crippen molar-refractivity contribution in [1.82, 2.24) is 0 Å². The van der Waals surface area contributed by atoms with Crippen LogP contribution in [0.4, 0.5) is 11.4 Å². The zero-order chi connectivity index (χ0) is 14.8. The number of halogens is 1. The molecule has 0 bridgehead atoms. The van der Waals surface area contributed by atoms with Crippen molar-refractivity contribution in [2.75, 3.05) is 24.3 Å². The Morgan fingerprint density at radius 1 is 1.29 bits per heavy atom. The minimum Gasteiger partial charge on any atom is -0.495 e. The van der Waals surface area contributed by atoms with Crippen molar-refractivity contribution in [3.05, 3.63) is 52.0 Å². The Morgan fingerprint density at radius 2 is 2.14 bits per heavy atom. The third-order valence-corrected chi connectivity index (χ3v) is 3.98.